The van der Waals surface area contributed by atoms with Gasteiger partial charge in [-0.1, -0.05) is 11.8 Å². The molecule has 2 aromatic heterocycles. The van der Waals surface area contributed by atoms with Gasteiger partial charge in [-0.3, -0.25) is 9.89 Å². The summed E-state index contributed by atoms with van der Waals surface area (Å²) in [5.41, 5.74) is 1.09. The van der Waals surface area contributed by atoms with Crippen molar-refractivity contribution in [3.8, 4) is 11.8 Å². The molecule has 0 fully saturated rings. The number of nitrogens with one attached hydrogen (secondary N) is 2. The van der Waals surface area contributed by atoms with Crippen molar-refractivity contribution in [3.05, 3.63) is 41.9 Å². The van der Waals surface area contributed by atoms with Crippen molar-refractivity contribution in [2.45, 2.75) is 0 Å². The molecular weight excluding hydrogens is 232 g/mol. The lowest BCUT2D eigenvalue weighted by atomic mass is 10.2. The SMILES string of the molecule is O=C(Nc1cc(C#CCO)ccn1)c1cn[nH]c1. The van der Waals surface area contributed by atoms with Gasteiger partial charge in [0.05, 0.1) is 11.8 Å². The number of hydrogen-bond acceptors (Lipinski definition) is 4. The number of nitrogens with zero attached hydrogens (tertiary/aromatic N) is 2. The maximum atomic E-state index is 11.7. The third kappa shape index (κ3) is 2.93. The first-order chi connectivity index (χ1) is 8.79. The molecule has 0 radical (unpaired) electrons. The number of anilines is 1. The zero-order chi connectivity index (χ0) is 12.8. The standard InChI is InChI=1S/C12H10N4O2/c17-5-1-2-9-3-4-13-11(6-9)16-12(18)10-7-14-15-8-10/h3-4,6-8,17H,5H2,(H,14,15)(H,13,16,18). The van der Waals surface area contributed by atoms with Crippen molar-refractivity contribution in [2.24, 2.45) is 0 Å². The van der Waals surface area contributed by atoms with Crippen molar-refractivity contribution in [3.63, 3.8) is 0 Å². The quantitative estimate of drug-likeness (QED) is 0.665. The molecule has 0 bridgehead atoms. The summed E-state index contributed by atoms with van der Waals surface area (Å²) in [4.78, 5) is 15.7. The van der Waals surface area contributed by atoms with E-state index in [1.54, 1.807) is 12.1 Å². The molecule has 1 amide bonds. The number of aromatic nitrogens is 3. The fourth-order valence-corrected chi connectivity index (χ4v) is 1.28. The molecule has 6 nitrogen and oxygen atoms in total. The Labute approximate surface area is 103 Å². The number of carbonyl (C=O) groups is 1. The van der Waals surface area contributed by atoms with Crippen LogP contribution in [-0.4, -0.2) is 32.8 Å². The summed E-state index contributed by atoms with van der Waals surface area (Å²) < 4.78 is 0. The van der Waals surface area contributed by atoms with Crippen molar-refractivity contribution in [2.75, 3.05) is 11.9 Å². The maximum Gasteiger partial charge on any atom is 0.259 e. The summed E-state index contributed by atoms with van der Waals surface area (Å²) in [6.07, 6.45) is 4.45. The summed E-state index contributed by atoms with van der Waals surface area (Å²) in [6, 6.07) is 3.32. The summed E-state index contributed by atoms with van der Waals surface area (Å²) >= 11 is 0. The first-order valence-electron chi connectivity index (χ1n) is 5.15. The minimum Gasteiger partial charge on any atom is -0.384 e. The van der Waals surface area contributed by atoms with Crippen molar-refractivity contribution in [1.82, 2.24) is 15.2 Å². The normalized spacial score (nSPS) is 9.39. The molecule has 6 heteroatoms. The molecule has 0 aliphatic carbocycles. The number of rotatable bonds is 2. The Morgan fingerprint density at radius 2 is 2.44 bits per heavy atom. The number of amides is 1. The average Bonchev–Trinajstić information content (AvgIpc) is 2.91. The Morgan fingerprint density at radius 1 is 1.56 bits per heavy atom. The number of H-pyrrole nitrogens is 1. The van der Waals surface area contributed by atoms with E-state index in [-0.39, 0.29) is 12.5 Å². The second-order valence-corrected chi connectivity index (χ2v) is 3.33. The molecule has 0 saturated heterocycles. The van der Waals surface area contributed by atoms with Gasteiger partial charge in [-0.05, 0) is 12.1 Å². The fraction of sp³-hybridized carbons (Fsp3) is 0.0833. The molecule has 0 unspecified atom stereocenters. The van der Waals surface area contributed by atoms with Gasteiger partial charge in [0.15, 0.2) is 0 Å². The van der Waals surface area contributed by atoms with Crippen LogP contribution in [0.15, 0.2) is 30.7 Å². The molecule has 3 N–H and O–H groups in total. The molecule has 2 heterocycles. The number of pyridine rings is 1. The predicted molar refractivity (Wildman–Crippen MR) is 64.7 cm³/mol. The Hall–Kier alpha value is -2.65. The van der Waals surface area contributed by atoms with Crippen LogP contribution < -0.4 is 5.32 Å². The van der Waals surface area contributed by atoms with Gasteiger partial charge in [-0.25, -0.2) is 4.98 Å². The predicted octanol–water partition coefficient (Wildman–Crippen LogP) is 0.401. The highest BCUT2D eigenvalue weighted by Crippen LogP contribution is 2.07. The molecule has 2 aromatic rings. The topological polar surface area (TPSA) is 90.9 Å². The number of aromatic amines is 1. The highest BCUT2D eigenvalue weighted by Gasteiger charge is 2.07. The summed E-state index contributed by atoms with van der Waals surface area (Å²) in [6.45, 7) is -0.209. The second-order valence-electron chi connectivity index (χ2n) is 3.33. The van der Waals surface area contributed by atoms with Crippen molar-refractivity contribution >= 4 is 11.7 Å². The van der Waals surface area contributed by atoms with Crippen LogP contribution in [0.5, 0.6) is 0 Å². The smallest absolute Gasteiger partial charge is 0.259 e. The molecule has 0 aliphatic heterocycles. The van der Waals surface area contributed by atoms with E-state index in [0.717, 1.165) is 0 Å². The number of aliphatic hydroxyl groups is 1. The zero-order valence-corrected chi connectivity index (χ0v) is 9.34. The third-order valence-electron chi connectivity index (χ3n) is 2.07. The van der Waals surface area contributed by atoms with E-state index >= 15 is 0 Å². The Bertz CT molecular complexity index is 596. The first kappa shape index (κ1) is 11.8. The van der Waals surface area contributed by atoms with E-state index in [0.29, 0.717) is 16.9 Å². The lowest BCUT2D eigenvalue weighted by Crippen LogP contribution is -2.12. The van der Waals surface area contributed by atoms with Gasteiger partial charge in [-0.15, -0.1) is 0 Å². The minimum atomic E-state index is -0.302. The minimum absolute atomic E-state index is 0.209. The highest BCUT2D eigenvalue weighted by atomic mass is 16.2. The van der Waals surface area contributed by atoms with Crippen LogP contribution >= 0.6 is 0 Å². The zero-order valence-electron chi connectivity index (χ0n) is 9.34. The number of carbonyl (C=O) groups excluding carboxylic acids is 1. The van der Waals surface area contributed by atoms with Gasteiger partial charge in [0.25, 0.3) is 5.91 Å². The first-order valence-corrected chi connectivity index (χ1v) is 5.15. The average molecular weight is 242 g/mol. The molecule has 18 heavy (non-hydrogen) atoms. The van der Waals surface area contributed by atoms with Crippen LogP contribution in [0.1, 0.15) is 15.9 Å². The van der Waals surface area contributed by atoms with Crippen molar-refractivity contribution < 1.29 is 9.90 Å². The Kier molecular flexibility index (Phi) is 3.69. The van der Waals surface area contributed by atoms with Crippen LogP contribution in [0.3, 0.4) is 0 Å². The van der Waals surface area contributed by atoms with E-state index in [1.165, 1.54) is 18.6 Å². The molecular formula is C12H10N4O2. The van der Waals surface area contributed by atoms with Crippen LogP contribution in [0.2, 0.25) is 0 Å². The molecule has 90 valence electrons. The summed E-state index contributed by atoms with van der Waals surface area (Å²) in [5.74, 6) is 5.35. The fourth-order valence-electron chi connectivity index (χ4n) is 1.28. The van der Waals surface area contributed by atoms with Crippen LogP contribution in [0, 0.1) is 11.8 Å². The van der Waals surface area contributed by atoms with Gasteiger partial charge in [0, 0.05) is 18.0 Å². The lowest BCUT2D eigenvalue weighted by Gasteiger charge is -2.02. The van der Waals surface area contributed by atoms with Crippen LogP contribution in [0.25, 0.3) is 0 Å². The third-order valence-corrected chi connectivity index (χ3v) is 2.07. The monoisotopic (exact) mass is 242 g/mol. The van der Waals surface area contributed by atoms with Gasteiger partial charge in [-0.2, -0.15) is 5.10 Å². The van der Waals surface area contributed by atoms with E-state index < -0.39 is 0 Å². The molecule has 0 atom stereocenters. The van der Waals surface area contributed by atoms with Gasteiger partial charge in [0.1, 0.15) is 12.4 Å². The summed E-state index contributed by atoms with van der Waals surface area (Å²) in [7, 11) is 0. The Balaban J connectivity index is 2.12. The summed E-state index contributed by atoms with van der Waals surface area (Å²) in [5, 5.41) is 17.5. The van der Waals surface area contributed by atoms with Crippen molar-refractivity contribution in [1.29, 1.82) is 0 Å². The van der Waals surface area contributed by atoms with Crippen LogP contribution in [-0.2, 0) is 0 Å². The number of aliphatic hydroxyl groups excluding tert-OH is 1. The molecule has 0 spiro atoms. The van der Waals surface area contributed by atoms with Gasteiger partial charge >= 0.3 is 0 Å². The van der Waals surface area contributed by atoms with Crippen LogP contribution in [0.4, 0.5) is 5.82 Å². The van der Waals surface area contributed by atoms with Gasteiger partial charge in [0.2, 0.25) is 0 Å². The second kappa shape index (κ2) is 5.61. The Morgan fingerprint density at radius 3 is 3.17 bits per heavy atom. The molecule has 0 aliphatic rings. The highest BCUT2D eigenvalue weighted by molar-refractivity contribution is 6.03. The van der Waals surface area contributed by atoms with E-state index in [1.807, 2.05) is 0 Å². The lowest BCUT2D eigenvalue weighted by molar-refractivity contribution is 0.102. The molecule has 2 rings (SSSR count). The maximum absolute atomic E-state index is 11.7. The molecule has 0 aromatic carbocycles. The van der Waals surface area contributed by atoms with E-state index in [9.17, 15) is 4.79 Å². The number of hydrogen-bond donors (Lipinski definition) is 3. The van der Waals surface area contributed by atoms with E-state index in [2.05, 4.69) is 32.3 Å². The van der Waals surface area contributed by atoms with E-state index in [4.69, 9.17) is 5.11 Å². The molecule has 0 saturated carbocycles. The largest absolute Gasteiger partial charge is 0.384 e. The van der Waals surface area contributed by atoms with Gasteiger partial charge < -0.3 is 10.4 Å².